The number of para-hydroxylation sites is 1. The summed E-state index contributed by atoms with van der Waals surface area (Å²) in [7, 11) is 3.60. The summed E-state index contributed by atoms with van der Waals surface area (Å²) in [6, 6.07) is 5.85. The molecular weight excluding hydrogens is 297 g/mol. The number of hydrogen-bond donors (Lipinski definition) is 0. The standard InChI is InChI=1S/C14H11Cl2N3O/c1-19-7-9(12-10(15)6-17-14(16)18-12)8-4-3-5-11(20-2)13(8)19/h3-7H,1-2H3. The van der Waals surface area contributed by atoms with Crippen LogP contribution in [0.15, 0.2) is 30.6 Å². The molecule has 0 aliphatic carbocycles. The van der Waals surface area contributed by atoms with Crippen molar-refractivity contribution in [3.63, 3.8) is 0 Å². The van der Waals surface area contributed by atoms with E-state index in [1.54, 1.807) is 7.11 Å². The van der Waals surface area contributed by atoms with Gasteiger partial charge in [0.05, 0.1) is 29.5 Å². The fourth-order valence-corrected chi connectivity index (χ4v) is 2.65. The van der Waals surface area contributed by atoms with Gasteiger partial charge in [0.2, 0.25) is 5.28 Å². The highest BCUT2D eigenvalue weighted by molar-refractivity contribution is 6.34. The lowest BCUT2D eigenvalue weighted by Crippen LogP contribution is -1.89. The van der Waals surface area contributed by atoms with Crippen molar-refractivity contribution in [2.45, 2.75) is 0 Å². The first-order valence-electron chi connectivity index (χ1n) is 5.92. The lowest BCUT2D eigenvalue weighted by molar-refractivity contribution is 0.418. The van der Waals surface area contributed by atoms with Crippen LogP contribution in [0.3, 0.4) is 0 Å². The molecule has 0 unspecified atom stereocenters. The fourth-order valence-electron chi connectivity index (χ4n) is 2.32. The first-order chi connectivity index (χ1) is 9.61. The molecule has 6 heteroatoms. The second kappa shape index (κ2) is 4.96. The van der Waals surface area contributed by atoms with Crippen molar-refractivity contribution >= 4 is 34.1 Å². The topological polar surface area (TPSA) is 39.9 Å². The van der Waals surface area contributed by atoms with Gasteiger partial charge >= 0.3 is 0 Å². The maximum atomic E-state index is 6.19. The van der Waals surface area contributed by atoms with E-state index in [-0.39, 0.29) is 5.28 Å². The molecule has 0 bridgehead atoms. The molecule has 0 saturated heterocycles. The normalized spacial score (nSPS) is 11.0. The number of methoxy groups -OCH3 is 1. The summed E-state index contributed by atoms with van der Waals surface area (Å²) in [5, 5.41) is 1.64. The molecule has 0 N–H and O–H groups in total. The third-order valence-electron chi connectivity index (χ3n) is 3.15. The minimum atomic E-state index is 0.171. The Kier molecular flexibility index (Phi) is 3.28. The number of hydrogen-bond acceptors (Lipinski definition) is 3. The summed E-state index contributed by atoms with van der Waals surface area (Å²) in [6.45, 7) is 0. The molecule has 1 aromatic carbocycles. The summed E-state index contributed by atoms with van der Waals surface area (Å²) in [6.07, 6.45) is 3.46. The third-order valence-corrected chi connectivity index (χ3v) is 3.61. The number of rotatable bonds is 2. The van der Waals surface area contributed by atoms with Gasteiger partial charge in [0.15, 0.2) is 0 Å². The highest BCUT2D eigenvalue weighted by Gasteiger charge is 2.16. The van der Waals surface area contributed by atoms with E-state index < -0.39 is 0 Å². The number of aryl methyl sites for hydroxylation is 1. The van der Waals surface area contributed by atoms with Crippen LogP contribution in [0.4, 0.5) is 0 Å². The lowest BCUT2D eigenvalue weighted by atomic mass is 10.1. The quantitative estimate of drug-likeness (QED) is 0.673. The molecule has 0 aliphatic rings. The molecule has 0 fully saturated rings. The lowest BCUT2D eigenvalue weighted by Gasteiger charge is -2.04. The molecule has 3 aromatic rings. The largest absolute Gasteiger partial charge is 0.495 e. The molecule has 0 aliphatic heterocycles. The zero-order chi connectivity index (χ0) is 14.3. The van der Waals surface area contributed by atoms with Crippen molar-refractivity contribution in [1.29, 1.82) is 0 Å². The Hall–Kier alpha value is -1.78. The van der Waals surface area contributed by atoms with Gasteiger partial charge in [-0.1, -0.05) is 23.7 Å². The molecular formula is C14H11Cl2N3O. The minimum absolute atomic E-state index is 0.171. The summed E-state index contributed by atoms with van der Waals surface area (Å²) in [5.74, 6) is 0.799. The summed E-state index contributed by atoms with van der Waals surface area (Å²) < 4.78 is 7.38. The molecule has 0 spiro atoms. The highest BCUT2D eigenvalue weighted by Crippen LogP contribution is 2.36. The number of fused-ring (bicyclic) bond motifs is 1. The molecule has 0 amide bonds. The van der Waals surface area contributed by atoms with Gasteiger partial charge in [-0.3, -0.25) is 0 Å². The SMILES string of the molecule is COc1cccc2c(-c3nc(Cl)ncc3Cl)cn(C)c12. The first kappa shape index (κ1) is 13.2. The van der Waals surface area contributed by atoms with Gasteiger partial charge in [0, 0.05) is 24.2 Å². The smallest absolute Gasteiger partial charge is 0.222 e. The van der Waals surface area contributed by atoms with Crippen LogP contribution in [-0.4, -0.2) is 21.6 Å². The van der Waals surface area contributed by atoms with E-state index in [1.165, 1.54) is 6.20 Å². The highest BCUT2D eigenvalue weighted by atomic mass is 35.5. The van der Waals surface area contributed by atoms with Crippen LogP contribution in [0.2, 0.25) is 10.3 Å². The number of halogens is 2. The molecule has 0 radical (unpaired) electrons. The maximum absolute atomic E-state index is 6.19. The van der Waals surface area contributed by atoms with Crippen LogP contribution in [0.5, 0.6) is 5.75 Å². The Bertz CT molecular complexity index is 798. The van der Waals surface area contributed by atoms with Gasteiger partial charge in [-0.25, -0.2) is 9.97 Å². The Morgan fingerprint density at radius 2 is 2.05 bits per heavy atom. The van der Waals surface area contributed by atoms with Crippen LogP contribution >= 0.6 is 23.2 Å². The Labute approximate surface area is 125 Å². The average molecular weight is 308 g/mol. The van der Waals surface area contributed by atoms with E-state index in [2.05, 4.69) is 9.97 Å². The van der Waals surface area contributed by atoms with Crippen molar-refractivity contribution in [1.82, 2.24) is 14.5 Å². The van der Waals surface area contributed by atoms with Crippen molar-refractivity contribution < 1.29 is 4.74 Å². The van der Waals surface area contributed by atoms with Gasteiger partial charge < -0.3 is 9.30 Å². The molecule has 2 aromatic heterocycles. The van der Waals surface area contributed by atoms with E-state index in [0.29, 0.717) is 10.7 Å². The molecule has 3 rings (SSSR count). The van der Waals surface area contributed by atoms with Crippen LogP contribution in [0.1, 0.15) is 0 Å². The van der Waals surface area contributed by atoms with Gasteiger partial charge in [0.1, 0.15) is 5.75 Å². The van der Waals surface area contributed by atoms with Crippen molar-refractivity contribution in [3.8, 4) is 17.0 Å². The van der Waals surface area contributed by atoms with E-state index in [9.17, 15) is 0 Å². The van der Waals surface area contributed by atoms with Crippen molar-refractivity contribution in [3.05, 3.63) is 40.9 Å². The van der Waals surface area contributed by atoms with Crippen LogP contribution in [0, 0.1) is 0 Å². The van der Waals surface area contributed by atoms with Gasteiger partial charge in [-0.15, -0.1) is 0 Å². The monoisotopic (exact) mass is 307 g/mol. The van der Waals surface area contributed by atoms with Gasteiger partial charge in [-0.05, 0) is 17.7 Å². The van der Waals surface area contributed by atoms with Crippen LogP contribution in [-0.2, 0) is 7.05 Å². The van der Waals surface area contributed by atoms with E-state index in [1.807, 2.05) is 36.0 Å². The zero-order valence-corrected chi connectivity index (χ0v) is 12.4. The Morgan fingerprint density at radius 3 is 2.80 bits per heavy atom. The van der Waals surface area contributed by atoms with Crippen molar-refractivity contribution in [2.75, 3.05) is 7.11 Å². The summed E-state index contributed by atoms with van der Waals surface area (Å²) in [5.41, 5.74) is 2.50. The molecule has 20 heavy (non-hydrogen) atoms. The maximum Gasteiger partial charge on any atom is 0.222 e. The molecule has 0 atom stereocenters. The second-order valence-electron chi connectivity index (χ2n) is 4.35. The van der Waals surface area contributed by atoms with Crippen LogP contribution in [0.25, 0.3) is 22.2 Å². The van der Waals surface area contributed by atoms with E-state index in [0.717, 1.165) is 22.2 Å². The predicted molar refractivity (Wildman–Crippen MR) is 80.5 cm³/mol. The number of nitrogens with zero attached hydrogens (tertiary/aromatic N) is 3. The van der Waals surface area contributed by atoms with Crippen molar-refractivity contribution in [2.24, 2.45) is 7.05 Å². The molecule has 4 nitrogen and oxygen atoms in total. The summed E-state index contributed by atoms with van der Waals surface area (Å²) in [4.78, 5) is 8.11. The Morgan fingerprint density at radius 1 is 1.25 bits per heavy atom. The third kappa shape index (κ3) is 2.01. The number of benzene rings is 1. The summed E-state index contributed by atoms with van der Waals surface area (Å²) >= 11 is 12.1. The van der Waals surface area contributed by atoms with E-state index in [4.69, 9.17) is 27.9 Å². The average Bonchev–Trinajstić information content (AvgIpc) is 2.79. The molecule has 0 saturated carbocycles. The van der Waals surface area contributed by atoms with Gasteiger partial charge in [0.25, 0.3) is 0 Å². The van der Waals surface area contributed by atoms with E-state index >= 15 is 0 Å². The molecule has 102 valence electrons. The van der Waals surface area contributed by atoms with Crippen LogP contribution < -0.4 is 4.74 Å². The Balaban J connectivity index is 2.35. The fraction of sp³-hybridized carbons (Fsp3) is 0.143. The number of ether oxygens (including phenoxy) is 1. The second-order valence-corrected chi connectivity index (χ2v) is 5.09. The van der Waals surface area contributed by atoms with Gasteiger partial charge in [-0.2, -0.15) is 0 Å². The molecule has 2 heterocycles. The first-order valence-corrected chi connectivity index (χ1v) is 6.68. The zero-order valence-electron chi connectivity index (χ0n) is 10.9. The number of aromatic nitrogens is 3. The minimum Gasteiger partial charge on any atom is -0.495 e. The predicted octanol–water partition coefficient (Wildman–Crippen LogP) is 3.95.